The first kappa shape index (κ1) is 13.1. The Morgan fingerprint density at radius 3 is 2.44 bits per heavy atom. The monoisotopic (exact) mass is 264 g/mol. The molecule has 1 aliphatic rings. The number of nitriles is 1. The molecule has 0 bridgehead atoms. The average molecular weight is 264 g/mol. The van der Waals surface area contributed by atoms with Crippen LogP contribution < -0.4 is 0 Å². The van der Waals surface area contributed by atoms with Crippen molar-refractivity contribution in [1.29, 1.82) is 5.26 Å². The van der Waals surface area contributed by atoms with Crippen molar-refractivity contribution in [2.45, 2.75) is 23.8 Å². The summed E-state index contributed by atoms with van der Waals surface area (Å²) in [7, 11) is -1.27. The van der Waals surface area contributed by atoms with Crippen molar-refractivity contribution in [3.05, 3.63) is 29.8 Å². The van der Waals surface area contributed by atoms with E-state index in [2.05, 4.69) is 4.90 Å². The van der Waals surface area contributed by atoms with Gasteiger partial charge >= 0.3 is 0 Å². The average Bonchev–Trinajstić information content (AvgIpc) is 3.20. The Hall–Kier alpha value is -1.38. The van der Waals surface area contributed by atoms with Crippen LogP contribution in [-0.4, -0.2) is 38.7 Å². The molecule has 4 nitrogen and oxygen atoms in total. The largest absolute Gasteiger partial charge is 0.302 e. The zero-order chi connectivity index (χ0) is 13.2. The normalized spacial score (nSPS) is 15.6. The molecule has 0 radical (unpaired) electrons. The summed E-state index contributed by atoms with van der Waals surface area (Å²) in [4.78, 5) is 2.40. The molecule has 1 fully saturated rings. The molecule has 0 atom stereocenters. The van der Waals surface area contributed by atoms with Crippen LogP contribution in [0.4, 0.5) is 0 Å². The number of nitrogens with zero attached hydrogens (tertiary/aromatic N) is 2. The van der Waals surface area contributed by atoms with Gasteiger partial charge in [-0.25, -0.2) is 8.42 Å². The molecule has 2 rings (SSSR count). The van der Waals surface area contributed by atoms with Crippen molar-refractivity contribution in [2.24, 2.45) is 0 Å². The van der Waals surface area contributed by atoms with Gasteiger partial charge in [-0.3, -0.25) is 0 Å². The first-order chi connectivity index (χ1) is 8.53. The van der Waals surface area contributed by atoms with Gasteiger partial charge in [0.1, 0.15) is 0 Å². The zero-order valence-electron chi connectivity index (χ0n) is 10.3. The van der Waals surface area contributed by atoms with E-state index in [4.69, 9.17) is 5.26 Å². The molecule has 1 saturated carbocycles. The second kappa shape index (κ2) is 5.09. The van der Waals surface area contributed by atoms with Crippen LogP contribution in [0.2, 0.25) is 0 Å². The smallest absolute Gasteiger partial charge is 0.179 e. The molecule has 1 aliphatic carbocycles. The van der Waals surface area contributed by atoms with Gasteiger partial charge in [-0.2, -0.15) is 5.26 Å². The quantitative estimate of drug-likeness (QED) is 0.807. The zero-order valence-corrected chi connectivity index (χ0v) is 11.2. The van der Waals surface area contributed by atoms with Crippen molar-refractivity contribution < 1.29 is 8.42 Å². The summed E-state index contributed by atoms with van der Waals surface area (Å²) < 4.78 is 24.1. The van der Waals surface area contributed by atoms with Gasteiger partial charge in [0.05, 0.1) is 22.3 Å². The highest BCUT2D eigenvalue weighted by Gasteiger charge is 2.27. The van der Waals surface area contributed by atoms with Crippen molar-refractivity contribution in [1.82, 2.24) is 4.90 Å². The van der Waals surface area contributed by atoms with Gasteiger partial charge in [0.25, 0.3) is 0 Å². The molecule has 1 aromatic carbocycles. The second-order valence-electron chi connectivity index (χ2n) is 4.67. The van der Waals surface area contributed by atoms with E-state index in [1.54, 1.807) is 0 Å². The highest BCUT2D eigenvalue weighted by Crippen LogP contribution is 2.25. The topological polar surface area (TPSA) is 61.2 Å². The van der Waals surface area contributed by atoms with Crippen molar-refractivity contribution in [2.75, 3.05) is 19.3 Å². The molecule has 0 unspecified atom stereocenters. The molecule has 0 aliphatic heterocycles. The standard InChI is InChI=1S/C13H16N2O2S/c1-15(12-4-5-12)8-9-18(16,17)13-6-2-11(10-14)3-7-13/h2-3,6-7,12H,4-5,8-9H2,1H3. The number of rotatable bonds is 5. The summed E-state index contributed by atoms with van der Waals surface area (Å²) in [5, 5.41) is 8.67. The van der Waals surface area contributed by atoms with Crippen LogP contribution in [0.25, 0.3) is 0 Å². The minimum Gasteiger partial charge on any atom is -0.302 e. The fraction of sp³-hybridized carbons (Fsp3) is 0.462. The van der Waals surface area contributed by atoms with Crippen molar-refractivity contribution in [3.8, 4) is 6.07 Å². The Labute approximate surface area is 108 Å². The third kappa shape index (κ3) is 3.09. The molecular formula is C13H16N2O2S. The van der Waals surface area contributed by atoms with E-state index in [1.165, 1.54) is 37.1 Å². The first-order valence-corrected chi connectivity index (χ1v) is 7.61. The molecule has 18 heavy (non-hydrogen) atoms. The van der Waals surface area contributed by atoms with Crippen LogP contribution in [0.3, 0.4) is 0 Å². The Morgan fingerprint density at radius 1 is 1.33 bits per heavy atom. The summed E-state index contributed by atoms with van der Waals surface area (Å²) in [6.45, 7) is 0.563. The third-order valence-corrected chi connectivity index (χ3v) is 4.94. The van der Waals surface area contributed by atoms with Crippen LogP contribution in [0.1, 0.15) is 18.4 Å². The maximum Gasteiger partial charge on any atom is 0.179 e. The predicted octanol–water partition coefficient (Wildman–Crippen LogP) is 1.43. The van der Waals surface area contributed by atoms with E-state index in [0.717, 1.165) is 0 Å². The van der Waals surface area contributed by atoms with Crippen molar-refractivity contribution >= 4 is 9.84 Å². The van der Waals surface area contributed by atoms with Crippen molar-refractivity contribution in [3.63, 3.8) is 0 Å². The van der Waals surface area contributed by atoms with E-state index in [-0.39, 0.29) is 5.75 Å². The Morgan fingerprint density at radius 2 is 1.94 bits per heavy atom. The summed E-state index contributed by atoms with van der Waals surface area (Å²) in [6, 6.07) is 8.63. The SMILES string of the molecule is CN(CCS(=O)(=O)c1ccc(C#N)cc1)C1CC1. The summed E-state index contributed by atoms with van der Waals surface area (Å²) in [5.74, 6) is 0.131. The first-order valence-electron chi connectivity index (χ1n) is 5.96. The molecule has 5 heteroatoms. The van der Waals surface area contributed by atoms with Crippen LogP contribution >= 0.6 is 0 Å². The lowest BCUT2D eigenvalue weighted by atomic mass is 10.2. The molecule has 0 heterocycles. The lowest BCUT2D eigenvalue weighted by molar-refractivity contribution is 0.343. The highest BCUT2D eigenvalue weighted by atomic mass is 32.2. The highest BCUT2D eigenvalue weighted by molar-refractivity contribution is 7.91. The number of hydrogen-bond acceptors (Lipinski definition) is 4. The van der Waals surface area contributed by atoms with Crippen LogP contribution in [-0.2, 0) is 9.84 Å². The van der Waals surface area contributed by atoms with Gasteiger partial charge < -0.3 is 4.90 Å². The van der Waals surface area contributed by atoms with E-state index in [1.807, 2.05) is 13.1 Å². The molecule has 1 aromatic rings. The fourth-order valence-electron chi connectivity index (χ4n) is 1.82. The maximum atomic E-state index is 12.1. The summed E-state index contributed by atoms with van der Waals surface area (Å²) in [6.07, 6.45) is 2.35. The molecule has 0 spiro atoms. The fourth-order valence-corrected chi connectivity index (χ4v) is 3.13. The molecular weight excluding hydrogens is 248 g/mol. The minimum atomic E-state index is -3.24. The van der Waals surface area contributed by atoms with Gasteiger partial charge in [-0.05, 0) is 44.2 Å². The maximum absolute atomic E-state index is 12.1. The summed E-state index contributed by atoms with van der Waals surface area (Å²) >= 11 is 0. The third-order valence-electron chi connectivity index (χ3n) is 3.23. The lowest BCUT2D eigenvalue weighted by Gasteiger charge is -2.15. The Balaban J connectivity index is 2.02. The Kier molecular flexibility index (Phi) is 3.69. The molecule has 0 amide bonds. The number of hydrogen-bond donors (Lipinski definition) is 0. The van der Waals surface area contributed by atoms with Gasteiger partial charge in [-0.1, -0.05) is 0 Å². The van der Waals surface area contributed by atoms with E-state index >= 15 is 0 Å². The molecule has 0 saturated heterocycles. The van der Waals surface area contributed by atoms with E-state index < -0.39 is 9.84 Å². The second-order valence-corrected chi connectivity index (χ2v) is 6.78. The lowest BCUT2D eigenvalue weighted by Crippen LogP contribution is -2.27. The van der Waals surface area contributed by atoms with Gasteiger partial charge in [0.15, 0.2) is 9.84 Å². The van der Waals surface area contributed by atoms with Gasteiger partial charge in [0, 0.05) is 12.6 Å². The minimum absolute atomic E-state index is 0.131. The molecule has 0 aromatic heterocycles. The van der Waals surface area contributed by atoms with Gasteiger partial charge in [0.2, 0.25) is 0 Å². The van der Waals surface area contributed by atoms with Gasteiger partial charge in [-0.15, -0.1) is 0 Å². The van der Waals surface area contributed by atoms with Crippen LogP contribution in [0.15, 0.2) is 29.2 Å². The van der Waals surface area contributed by atoms with Crippen LogP contribution in [0, 0.1) is 11.3 Å². The van der Waals surface area contributed by atoms with E-state index in [9.17, 15) is 8.42 Å². The number of benzene rings is 1. The van der Waals surface area contributed by atoms with E-state index in [0.29, 0.717) is 23.0 Å². The summed E-state index contributed by atoms with van der Waals surface area (Å²) in [5.41, 5.74) is 0.476. The molecule has 96 valence electrons. The molecule has 0 N–H and O–H groups in total. The predicted molar refractivity (Wildman–Crippen MR) is 68.9 cm³/mol. The Bertz CT molecular complexity index is 554. The van der Waals surface area contributed by atoms with Crippen LogP contribution in [0.5, 0.6) is 0 Å². The number of sulfone groups is 1.